The van der Waals surface area contributed by atoms with Gasteiger partial charge in [-0.15, -0.1) is 0 Å². The molecule has 1 aromatic heterocycles. The van der Waals surface area contributed by atoms with E-state index in [1.54, 1.807) is 18.3 Å². The van der Waals surface area contributed by atoms with Crippen LogP contribution in [0, 0.1) is 5.82 Å². The highest BCUT2D eigenvalue weighted by Crippen LogP contribution is 2.14. The normalized spacial score (nSPS) is 10.2. The minimum Gasteiger partial charge on any atom is -0.382 e. The van der Waals surface area contributed by atoms with Gasteiger partial charge in [-0.1, -0.05) is 0 Å². The Bertz CT molecular complexity index is 564. The van der Waals surface area contributed by atoms with Crippen LogP contribution in [0.4, 0.5) is 10.2 Å². The molecular weight excluding hydrogens is 223 g/mol. The molecule has 6 heteroatoms. The molecule has 2 rings (SSSR count). The predicted molar refractivity (Wildman–Crippen MR) is 61.3 cm³/mol. The number of carbonyl (C=O) groups is 1. The Balaban J connectivity index is 2.40. The van der Waals surface area contributed by atoms with E-state index in [1.807, 2.05) is 0 Å². The van der Waals surface area contributed by atoms with Crippen LogP contribution in [0.2, 0.25) is 0 Å². The summed E-state index contributed by atoms with van der Waals surface area (Å²) < 4.78 is 15.1. The average Bonchev–Trinajstić information content (AvgIpc) is 2.75. The van der Waals surface area contributed by atoms with Crippen molar-refractivity contribution in [2.45, 2.75) is 0 Å². The van der Waals surface area contributed by atoms with E-state index in [0.29, 0.717) is 11.5 Å². The molecule has 1 heterocycles. The molecule has 0 radical (unpaired) electrons. The second-order valence-electron chi connectivity index (χ2n) is 3.43. The van der Waals surface area contributed by atoms with Crippen LogP contribution in [0.15, 0.2) is 30.5 Å². The quantitative estimate of drug-likeness (QED) is 0.812. The molecule has 0 aliphatic rings. The van der Waals surface area contributed by atoms with E-state index in [9.17, 15) is 9.18 Å². The lowest BCUT2D eigenvalue weighted by molar-refractivity contribution is 0.0959. The number of nitrogens with zero attached hydrogens (tertiary/aromatic N) is 2. The van der Waals surface area contributed by atoms with Crippen LogP contribution in [-0.4, -0.2) is 22.7 Å². The number of halogens is 1. The van der Waals surface area contributed by atoms with Gasteiger partial charge in [0, 0.05) is 25.4 Å². The molecule has 2 aromatic rings. The van der Waals surface area contributed by atoms with Crippen molar-refractivity contribution in [3.8, 4) is 5.69 Å². The van der Waals surface area contributed by atoms with Gasteiger partial charge in [-0.3, -0.25) is 4.79 Å². The first-order valence-electron chi connectivity index (χ1n) is 4.95. The second kappa shape index (κ2) is 4.25. The summed E-state index contributed by atoms with van der Waals surface area (Å²) in [4.78, 5) is 11.3. The van der Waals surface area contributed by atoms with Crippen molar-refractivity contribution in [2.75, 3.05) is 12.8 Å². The smallest absolute Gasteiger partial charge is 0.253 e. The van der Waals surface area contributed by atoms with Crippen molar-refractivity contribution in [2.24, 2.45) is 0 Å². The molecule has 3 N–H and O–H groups in total. The van der Waals surface area contributed by atoms with Crippen molar-refractivity contribution >= 4 is 11.7 Å². The molecular formula is C11H11FN4O. The van der Waals surface area contributed by atoms with Gasteiger partial charge in [0.1, 0.15) is 11.6 Å². The summed E-state index contributed by atoms with van der Waals surface area (Å²) in [6, 6.07) is 5.84. The third-order valence-corrected chi connectivity index (χ3v) is 2.30. The third kappa shape index (κ3) is 2.10. The van der Waals surface area contributed by atoms with Gasteiger partial charge in [0.05, 0.1) is 11.3 Å². The second-order valence-corrected chi connectivity index (χ2v) is 3.43. The fourth-order valence-corrected chi connectivity index (χ4v) is 1.45. The van der Waals surface area contributed by atoms with Gasteiger partial charge in [-0.2, -0.15) is 5.10 Å². The largest absolute Gasteiger partial charge is 0.382 e. The summed E-state index contributed by atoms with van der Waals surface area (Å²) in [5.74, 6) is -0.717. The van der Waals surface area contributed by atoms with Crippen molar-refractivity contribution in [3.05, 3.63) is 41.8 Å². The minimum absolute atomic E-state index is 0.00335. The van der Waals surface area contributed by atoms with Gasteiger partial charge in [-0.05, 0) is 12.1 Å². The maximum atomic E-state index is 13.6. The number of nitrogens with one attached hydrogen (secondary N) is 1. The zero-order valence-electron chi connectivity index (χ0n) is 9.14. The number of aromatic nitrogens is 2. The van der Waals surface area contributed by atoms with Crippen LogP contribution < -0.4 is 11.1 Å². The zero-order chi connectivity index (χ0) is 12.4. The fraction of sp³-hybridized carbons (Fsp3) is 0.0909. The SMILES string of the molecule is CNC(=O)c1ccc(-n2ccc(N)n2)cc1F. The number of benzene rings is 1. The molecule has 1 aromatic carbocycles. The van der Waals surface area contributed by atoms with Gasteiger partial charge in [0.15, 0.2) is 0 Å². The number of nitrogens with two attached hydrogens (primary N) is 1. The van der Waals surface area contributed by atoms with E-state index >= 15 is 0 Å². The Morgan fingerprint density at radius 2 is 2.24 bits per heavy atom. The first kappa shape index (κ1) is 11.1. The van der Waals surface area contributed by atoms with Crippen molar-refractivity contribution in [3.63, 3.8) is 0 Å². The number of hydrogen-bond donors (Lipinski definition) is 2. The van der Waals surface area contributed by atoms with Gasteiger partial charge >= 0.3 is 0 Å². The highest BCUT2D eigenvalue weighted by Gasteiger charge is 2.11. The van der Waals surface area contributed by atoms with Crippen LogP contribution in [0.3, 0.4) is 0 Å². The highest BCUT2D eigenvalue weighted by molar-refractivity contribution is 5.94. The molecule has 88 valence electrons. The molecule has 17 heavy (non-hydrogen) atoms. The summed E-state index contributed by atoms with van der Waals surface area (Å²) >= 11 is 0. The first-order valence-corrected chi connectivity index (χ1v) is 4.95. The molecule has 0 bridgehead atoms. The van der Waals surface area contributed by atoms with Gasteiger partial charge in [0.2, 0.25) is 0 Å². The standard InChI is InChI=1S/C11H11FN4O/c1-14-11(17)8-3-2-7(6-9(8)12)16-5-4-10(13)15-16/h2-6H,1H3,(H2,13,15)(H,14,17). The average molecular weight is 234 g/mol. The molecule has 0 saturated carbocycles. The summed E-state index contributed by atoms with van der Waals surface area (Å²) in [5, 5.41) is 6.31. The van der Waals surface area contributed by atoms with Gasteiger partial charge in [0.25, 0.3) is 5.91 Å². The maximum absolute atomic E-state index is 13.6. The number of rotatable bonds is 2. The van der Waals surface area contributed by atoms with Crippen LogP contribution in [0.5, 0.6) is 0 Å². The first-order chi connectivity index (χ1) is 8.11. The monoisotopic (exact) mass is 234 g/mol. The molecule has 0 saturated heterocycles. The highest BCUT2D eigenvalue weighted by atomic mass is 19.1. The third-order valence-electron chi connectivity index (χ3n) is 2.30. The molecule has 0 aliphatic heterocycles. The lowest BCUT2D eigenvalue weighted by atomic mass is 10.2. The Labute approximate surface area is 97.0 Å². The zero-order valence-corrected chi connectivity index (χ0v) is 9.14. The summed E-state index contributed by atoms with van der Waals surface area (Å²) in [5.41, 5.74) is 5.97. The summed E-state index contributed by atoms with van der Waals surface area (Å²) in [6.45, 7) is 0. The minimum atomic E-state index is -0.601. The van der Waals surface area contributed by atoms with Crippen LogP contribution in [-0.2, 0) is 0 Å². The van der Waals surface area contributed by atoms with Gasteiger partial charge < -0.3 is 11.1 Å². The lowest BCUT2D eigenvalue weighted by Gasteiger charge is -2.05. The molecule has 1 amide bonds. The molecule has 0 unspecified atom stereocenters. The van der Waals surface area contributed by atoms with Crippen molar-refractivity contribution in [1.29, 1.82) is 0 Å². The summed E-state index contributed by atoms with van der Waals surface area (Å²) in [7, 11) is 1.45. The van der Waals surface area contributed by atoms with E-state index in [2.05, 4.69) is 10.4 Å². The number of anilines is 1. The predicted octanol–water partition coefficient (Wildman–Crippen LogP) is 0.953. The number of nitrogen functional groups attached to an aromatic ring is 1. The fourth-order valence-electron chi connectivity index (χ4n) is 1.45. The lowest BCUT2D eigenvalue weighted by Crippen LogP contribution is -2.19. The molecule has 0 spiro atoms. The van der Waals surface area contributed by atoms with Crippen LogP contribution in [0.1, 0.15) is 10.4 Å². The maximum Gasteiger partial charge on any atom is 0.253 e. The Morgan fingerprint density at radius 1 is 1.47 bits per heavy atom. The van der Waals surface area contributed by atoms with E-state index in [-0.39, 0.29) is 5.56 Å². The number of amides is 1. The topological polar surface area (TPSA) is 72.9 Å². The van der Waals surface area contributed by atoms with E-state index in [4.69, 9.17) is 5.73 Å². The summed E-state index contributed by atoms with van der Waals surface area (Å²) in [6.07, 6.45) is 1.61. The number of hydrogen-bond acceptors (Lipinski definition) is 3. The Hall–Kier alpha value is -2.37. The van der Waals surface area contributed by atoms with E-state index in [1.165, 1.54) is 23.9 Å². The van der Waals surface area contributed by atoms with Crippen molar-refractivity contribution < 1.29 is 9.18 Å². The van der Waals surface area contributed by atoms with Crippen LogP contribution in [0.25, 0.3) is 5.69 Å². The molecule has 5 nitrogen and oxygen atoms in total. The van der Waals surface area contributed by atoms with Crippen LogP contribution >= 0.6 is 0 Å². The van der Waals surface area contributed by atoms with E-state index < -0.39 is 11.7 Å². The van der Waals surface area contributed by atoms with Crippen molar-refractivity contribution in [1.82, 2.24) is 15.1 Å². The molecule has 0 aliphatic carbocycles. The number of carbonyl (C=O) groups excluding carboxylic acids is 1. The van der Waals surface area contributed by atoms with Gasteiger partial charge in [-0.25, -0.2) is 9.07 Å². The Kier molecular flexibility index (Phi) is 2.78. The molecule has 0 fully saturated rings. The van der Waals surface area contributed by atoms with E-state index in [0.717, 1.165) is 0 Å². The molecule has 0 atom stereocenters. The Morgan fingerprint density at radius 3 is 2.76 bits per heavy atom.